The van der Waals surface area contributed by atoms with Crippen molar-refractivity contribution in [3.05, 3.63) is 59.7 Å². The van der Waals surface area contributed by atoms with Gasteiger partial charge in [-0.3, -0.25) is 4.79 Å². The van der Waals surface area contributed by atoms with Crippen molar-refractivity contribution in [2.75, 3.05) is 5.75 Å². The summed E-state index contributed by atoms with van der Waals surface area (Å²) in [7, 11) is 0. The Morgan fingerprint density at radius 2 is 2.00 bits per heavy atom. The van der Waals surface area contributed by atoms with Crippen LogP contribution in [0.15, 0.2) is 58.8 Å². The third-order valence-electron chi connectivity index (χ3n) is 4.69. The highest BCUT2D eigenvalue weighted by Gasteiger charge is 2.22. The predicted octanol–water partition coefficient (Wildman–Crippen LogP) is 3.00. The molecule has 0 fully saturated rings. The van der Waals surface area contributed by atoms with E-state index in [1.54, 1.807) is 12.1 Å². The van der Waals surface area contributed by atoms with Gasteiger partial charge in [-0.2, -0.15) is 5.10 Å². The van der Waals surface area contributed by atoms with Crippen molar-refractivity contribution < 1.29 is 14.5 Å². The molecular formula is C23H27N5O2S. The first-order chi connectivity index (χ1) is 14.8. The minimum absolute atomic E-state index is 0.0991. The Bertz CT molecular complexity index is 1070. The molecule has 3 aromatic rings. The number of nitrogens with zero attached hydrogens (tertiary/aromatic N) is 3. The molecule has 0 aliphatic heterocycles. The highest BCUT2D eigenvalue weighted by atomic mass is 32.2. The topological polar surface area (TPSA) is 97.1 Å². The molecule has 0 radical (unpaired) electrons. The molecule has 0 saturated heterocycles. The smallest absolute Gasteiger partial charge is 0.337 e. The molecule has 0 aliphatic carbocycles. The summed E-state index contributed by atoms with van der Waals surface area (Å²) in [6.45, 7) is 9.33. The number of H-pyrrole nitrogens is 1. The van der Waals surface area contributed by atoms with Crippen LogP contribution in [0.4, 0.5) is 0 Å². The van der Waals surface area contributed by atoms with E-state index in [0.717, 1.165) is 23.1 Å². The lowest BCUT2D eigenvalue weighted by Gasteiger charge is -2.18. The van der Waals surface area contributed by atoms with Crippen LogP contribution in [0.1, 0.15) is 38.8 Å². The highest BCUT2D eigenvalue weighted by Crippen LogP contribution is 2.25. The Labute approximate surface area is 186 Å². The molecule has 2 N–H and O–H groups in total. The third-order valence-corrected chi connectivity index (χ3v) is 5.67. The molecule has 1 aromatic heterocycles. The maximum Gasteiger partial charge on any atom is 0.337 e. The largest absolute Gasteiger partial charge is 0.872 e. The van der Waals surface area contributed by atoms with Crippen molar-refractivity contribution >= 4 is 23.9 Å². The Morgan fingerprint density at radius 3 is 2.65 bits per heavy atom. The molecule has 0 atom stereocenters. The lowest BCUT2D eigenvalue weighted by molar-refractivity contribution is -0.719. The van der Waals surface area contributed by atoms with Gasteiger partial charge in [0.1, 0.15) is 0 Å². The molecule has 8 heteroatoms. The maximum atomic E-state index is 12.1. The molecular weight excluding hydrogens is 410 g/mol. The van der Waals surface area contributed by atoms with E-state index < -0.39 is 0 Å². The van der Waals surface area contributed by atoms with E-state index in [0.29, 0.717) is 5.56 Å². The van der Waals surface area contributed by atoms with Gasteiger partial charge < -0.3 is 5.11 Å². The van der Waals surface area contributed by atoms with Crippen LogP contribution >= 0.6 is 11.8 Å². The van der Waals surface area contributed by atoms with E-state index in [9.17, 15) is 9.90 Å². The standard InChI is InChI=1S/C23H27N5O2S/c1-5-28-21(17-9-11-18(12-10-17)23(2,3)4)26-27-22(28)31-15-20(30)25-24-14-16-7-6-8-19(29)13-16/h6-14H,5,15H2,1-4H3,(H2,25,29,30)/b24-14+. The van der Waals surface area contributed by atoms with Gasteiger partial charge in [0.15, 0.2) is 0 Å². The SMILES string of the molecule is CC[n+]1c(SCC(=O)N/N=C/c2cccc([O-])c2)n[nH]c1-c1ccc(C(C)(C)C)cc1. The Hall–Kier alpha value is -3.13. The second-order valence-electron chi connectivity index (χ2n) is 8.08. The molecule has 7 nitrogen and oxygen atoms in total. The van der Waals surface area contributed by atoms with Gasteiger partial charge in [0.05, 0.1) is 29.2 Å². The maximum absolute atomic E-state index is 12.1. The van der Waals surface area contributed by atoms with Crippen molar-refractivity contribution in [3.8, 4) is 17.1 Å². The van der Waals surface area contributed by atoms with Crippen LogP contribution in [0.3, 0.4) is 0 Å². The number of benzene rings is 2. The fourth-order valence-electron chi connectivity index (χ4n) is 3.01. The normalized spacial score (nSPS) is 11.7. The lowest BCUT2D eigenvalue weighted by Crippen LogP contribution is -2.36. The first-order valence-electron chi connectivity index (χ1n) is 10.1. The number of rotatable bonds is 7. The number of hydrogen-bond acceptors (Lipinski definition) is 5. The average Bonchev–Trinajstić information content (AvgIpc) is 3.15. The summed E-state index contributed by atoms with van der Waals surface area (Å²) in [6, 6.07) is 14.8. The van der Waals surface area contributed by atoms with E-state index in [1.807, 2.05) is 11.5 Å². The first-order valence-corrected chi connectivity index (χ1v) is 11.1. The number of hydrogen-bond donors (Lipinski definition) is 2. The molecule has 1 heterocycles. The summed E-state index contributed by atoms with van der Waals surface area (Å²) >= 11 is 1.34. The molecule has 0 aliphatic rings. The van der Waals surface area contributed by atoms with Gasteiger partial charge in [0.2, 0.25) is 0 Å². The summed E-state index contributed by atoms with van der Waals surface area (Å²) in [6.07, 6.45) is 1.45. The zero-order valence-corrected chi connectivity index (χ0v) is 19.0. The van der Waals surface area contributed by atoms with Gasteiger partial charge in [0.25, 0.3) is 11.7 Å². The van der Waals surface area contributed by atoms with Gasteiger partial charge in [-0.05, 0) is 47.4 Å². The number of carbonyl (C=O) groups excluding carboxylic acids is 1. The van der Waals surface area contributed by atoms with Crippen LogP contribution in [0.5, 0.6) is 5.75 Å². The second kappa shape index (κ2) is 9.78. The fraction of sp³-hybridized carbons (Fsp3) is 0.304. The van der Waals surface area contributed by atoms with Crippen LogP contribution in [-0.2, 0) is 16.8 Å². The fourth-order valence-corrected chi connectivity index (χ4v) is 3.82. The predicted molar refractivity (Wildman–Crippen MR) is 121 cm³/mol. The molecule has 0 spiro atoms. The van der Waals surface area contributed by atoms with Gasteiger partial charge in [-0.15, -0.1) is 10.8 Å². The van der Waals surface area contributed by atoms with Gasteiger partial charge in [-0.1, -0.05) is 57.2 Å². The third kappa shape index (κ3) is 5.95. The van der Waals surface area contributed by atoms with Crippen molar-refractivity contribution in [1.82, 2.24) is 15.6 Å². The van der Waals surface area contributed by atoms with Crippen LogP contribution < -0.4 is 15.1 Å². The quantitative estimate of drug-likeness (QED) is 0.257. The van der Waals surface area contributed by atoms with E-state index in [4.69, 9.17) is 0 Å². The van der Waals surface area contributed by atoms with Crippen LogP contribution in [0.2, 0.25) is 0 Å². The summed E-state index contributed by atoms with van der Waals surface area (Å²) in [5.74, 6) is 0.728. The van der Waals surface area contributed by atoms with E-state index in [2.05, 4.69) is 65.8 Å². The summed E-state index contributed by atoms with van der Waals surface area (Å²) in [5, 5.41) is 23.4. The van der Waals surface area contributed by atoms with Crippen molar-refractivity contribution in [2.45, 2.75) is 44.8 Å². The van der Waals surface area contributed by atoms with Crippen LogP contribution in [0.25, 0.3) is 11.4 Å². The number of aromatic nitrogens is 3. The van der Waals surface area contributed by atoms with Gasteiger partial charge >= 0.3 is 5.16 Å². The Kier molecular flexibility index (Phi) is 7.12. The summed E-state index contributed by atoms with van der Waals surface area (Å²) < 4.78 is 2.05. The molecule has 1 amide bonds. The molecule has 0 unspecified atom stereocenters. The van der Waals surface area contributed by atoms with Crippen LogP contribution in [-0.4, -0.2) is 28.1 Å². The number of carbonyl (C=O) groups is 1. The zero-order chi connectivity index (χ0) is 22.4. The molecule has 0 saturated carbocycles. The first kappa shape index (κ1) is 22.6. The lowest BCUT2D eigenvalue weighted by atomic mass is 9.87. The van der Waals surface area contributed by atoms with E-state index in [-0.39, 0.29) is 22.8 Å². The monoisotopic (exact) mass is 437 g/mol. The van der Waals surface area contributed by atoms with E-state index in [1.165, 1.54) is 35.7 Å². The molecule has 2 aromatic carbocycles. The average molecular weight is 438 g/mol. The second-order valence-corrected chi connectivity index (χ2v) is 9.02. The van der Waals surface area contributed by atoms with Crippen LogP contribution in [0, 0.1) is 0 Å². The highest BCUT2D eigenvalue weighted by molar-refractivity contribution is 7.99. The van der Waals surface area contributed by atoms with Crippen molar-refractivity contribution in [2.24, 2.45) is 5.10 Å². The summed E-state index contributed by atoms with van der Waals surface area (Å²) in [5.41, 5.74) is 5.53. The van der Waals surface area contributed by atoms with Gasteiger partial charge in [-0.25, -0.2) is 9.99 Å². The summed E-state index contributed by atoms with van der Waals surface area (Å²) in [4.78, 5) is 12.1. The zero-order valence-electron chi connectivity index (χ0n) is 18.2. The minimum atomic E-state index is -0.249. The molecule has 3 rings (SSSR count). The molecule has 31 heavy (non-hydrogen) atoms. The number of nitrogens with one attached hydrogen (secondary N) is 2. The number of hydrazone groups is 1. The minimum Gasteiger partial charge on any atom is -0.872 e. The van der Waals surface area contributed by atoms with Crippen molar-refractivity contribution in [3.63, 3.8) is 0 Å². The Balaban J connectivity index is 1.62. The number of thioether (sulfide) groups is 1. The number of aromatic amines is 1. The number of amides is 1. The molecule has 162 valence electrons. The Morgan fingerprint density at radius 1 is 1.26 bits per heavy atom. The van der Waals surface area contributed by atoms with E-state index >= 15 is 0 Å². The van der Waals surface area contributed by atoms with Crippen molar-refractivity contribution in [1.29, 1.82) is 0 Å². The van der Waals surface area contributed by atoms with Gasteiger partial charge in [0, 0.05) is 0 Å². The molecule has 0 bridgehead atoms.